The van der Waals surface area contributed by atoms with E-state index in [1.54, 1.807) is 19.5 Å². The molecule has 0 amide bonds. The minimum atomic E-state index is 0.468. The minimum Gasteiger partial charge on any atom is -0.480 e. The predicted molar refractivity (Wildman–Crippen MR) is 62.6 cm³/mol. The second kappa shape index (κ2) is 4.65. The van der Waals surface area contributed by atoms with Crippen LogP contribution in [-0.4, -0.2) is 36.2 Å². The van der Waals surface area contributed by atoms with E-state index in [2.05, 4.69) is 21.8 Å². The summed E-state index contributed by atoms with van der Waals surface area (Å²) in [6, 6.07) is 0.468. The molecule has 88 valence electrons. The van der Waals surface area contributed by atoms with Gasteiger partial charge in [0.15, 0.2) is 5.82 Å². The van der Waals surface area contributed by atoms with Gasteiger partial charge in [-0.15, -0.1) is 0 Å². The Bertz CT molecular complexity index is 358. The van der Waals surface area contributed by atoms with Gasteiger partial charge in [-0.25, -0.2) is 0 Å². The minimum absolute atomic E-state index is 0.468. The summed E-state index contributed by atoms with van der Waals surface area (Å²) in [7, 11) is 1.60. The highest BCUT2D eigenvalue weighted by molar-refractivity contribution is 5.40. The number of hydrogen-bond acceptors (Lipinski definition) is 5. The van der Waals surface area contributed by atoms with Crippen LogP contribution in [0.3, 0.4) is 0 Å². The van der Waals surface area contributed by atoms with E-state index in [0.717, 1.165) is 25.3 Å². The third-order valence-corrected chi connectivity index (χ3v) is 3.10. The molecule has 5 nitrogen and oxygen atoms in total. The first-order valence-electron chi connectivity index (χ1n) is 5.57. The first-order chi connectivity index (χ1) is 7.74. The van der Waals surface area contributed by atoms with Crippen LogP contribution in [0, 0.1) is 5.92 Å². The maximum Gasteiger partial charge on any atom is 0.233 e. The Hall–Kier alpha value is -1.36. The van der Waals surface area contributed by atoms with Crippen molar-refractivity contribution in [1.29, 1.82) is 0 Å². The van der Waals surface area contributed by atoms with Gasteiger partial charge in [0.25, 0.3) is 0 Å². The molecule has 0 aliphatic carbocycles. The Morgan fingerprint density at radius 3 is 3.00 bits per heavy atom. The van der Waals surface area contributed by atoms with E-state index in [9.17, 15) is 0 Å². The predicted octanol–water partition coefficient (Wildman–Crippen LogP) is 0.659. The largest absolute Gasteiger partial charge is 0.480 e. The molecule has 2 rings (SSSR count). The molecule has 2 heterocycles. The average Bonchev–Trinajstić information content (AvgIpc) is 2.71. The number of anilines is 1. The van der Waals surface area contributed by atoms with Crippen molar-refractivity contribution in [3.05, 3.63) is 12.4 Å². The van der Waals surface area contributed by atoms with Crippen LogP contribution >= 0.6 is 0 Å². The van der Waals surface area contributed by atoms with E-state index in [0.29, 0.717) is 17.8 Å². The zero-order chi connectivity index (χ0) is 11.5. The van der Waals surface area contributed by atoms with Crippen LogP contribution in [-0.2, 0) is 0 Å². The molecule has 1 saturated heterocycles. The van der Waals surface area contributed by atoms with Crippen LogP contribution in [0.4, 0.5) is 5.82 Å². The number of nitrogens with zero attached hydrogens (tertiary/aromatic N) is 3. The first kappa shape index (κ1) is 11.1. The highest BCUT2D eigenvalue weighted by Gasteiger charge is 2.29. The van der Waals surface area contributed by atoms with E-state index in [4.69, 9.17) is 10.5 Å². The standard InChI is InChI=1S/C11H18N4O/c1-8-3-9(4-12)7-15(8)10-5-13-6-11(14-10)16-2/h5-6,8-9H,3-4,7,12H2,1-2H3. The van der Waals surface area contributed by atoms with Crippen molar-refractivity contribution >= 4 is 5.82 Å². The van der Waals surface area contributed by atoms with Crippen LogP contribution in [0.25, 0.3) is 0 Å². The van der Waals surface area contributed by atoms with E-state index in [1.807, 2.05) is 0 Å². The van der Waals surface area contributed by atoms with Crippen LogP contribution in [0.2, 0.25) is 0 Å². The van der Waals surface area contributed by atoms with E-state index in [1.165, 1.54) is 0 Å². The van der Waals surface area contributed by atoms with Gasteiger partial charge < -0.3 is 15.4 Å². The topological polar surface area (TPSA) is 64.3 Å². The Kier molecular flexibility index (Phi) is 3.24. The summed E-state index contributed by atoms with van der Waals surface area (Å²) in [6.07, 6.45) is 4.51. The quantitative estimate of drug-likeness (QED) is 0.814. The van der Waals surface area contributed by atoms with Crippen molar-refractivity contribution in [2.75, 3.05) is 25.1 Å². The zero-order valence-electron chi connectivity index (χ0n) is 9.76. The Balaban J connectivity index is 2.17. The number of hydrogen-bond donors (Lipinski definition) is 1. The number of ether oxygens (including phenoxy) is 1. The summed E-state index contributed by atoms with van der Waals surface area (Å²) in [4.78, 5) is 10.8. The molecular formula is C11H18N4O. The lowest BCUT2D eigenvalue weighted by Crippen LogP contribution is -2.28. The van der Waals surface area contributed by atoms with Gasteiger partial charge in [-0.1, -0.05) is 0 Å². The first-order valence-corrected chi connectivity index (χ1v) is 5.57. The van der Waals surface area contributed by atoms with Gasteiger partial charge in [0.05, 0.1) is 19.5 Å². The van der Waals surface area contributed by atoms with E-state index >= 15 is 0 Å². The van der Waals surface area contributed by atoms with Gasteiger partial charge in [-0.2, -0.15) is 4.98 Å². The number of methoxy groups -OCH3 is 1. The maximum absolute atomic E-state index is 5.71. The fourth-order valence-electron chi connectivity index (χ4n) is 2.21. The molecule has 2 unspecified atom stereocenters. The lowest BCUT2D eigenvalue weighted by molar-refractivity contribution is 0.395. The van der Waals surface area contributed by atoms with Crippen molar-refractivity contribution in [3.63, 3.8) is 0 Å². The SMILES string of the molecule is COc1cncc(N2CC(CN)CC2C)n1. The molecule has 1 aliphatic rings. The zero-order valence-corrected chi connectivity index (χ0v) is 9.76. The maximum atomic E-state index is 5.71. The van der Waals surface area contributed by atoms with Gasteiger partial charge >= 0.3 is 0 Å². The van der Waals surface area contributed by atoms with Crippen molar-refractivity contribution in [2.45, 2.75) is 19.4 Å². The average molecular weight is 222 g/mol. The highest BCUT2D eigenvalue weighted by Crippen LogP contribution is 2.27. The monoisotopic (exact) mass is 222 g/mol. The Morgan fingerprint density at radius 2 is 2.38 bits per heavy atom. The second-order valence-corrected chi connectivity index (χ2v) is 4.26. The molecule has 2 N–H and O–H groups in total. The third kappa shape index (κ3) is 2.09. The molecule has 5 heteroatoms. The molecule has 0 radical (unpaired) electrons. The Labute approximate surface area is 95.6 Å². The van der Waals surface area contributed by atoms with Gasteiger partial charge in [-0.3, -0.25) is 4.98 Å². The number of aromatic nitrogens is 2. The lowest BCUT2D eigenvalue weighted by Gasteiger charge is -2.22. The van der Waals surface area contributed by atoms with Crippen molar-refractivity contribution in [3.8, 4) is 5.88 Å². The van der Waals surface area contributed by atoms with Gasteiger partial charge in [0.1, 0.15) is 0 Å². The summed E-state index contributed by atoms with van der Waals surface area (Å²) in [5.41, 5.74) is 5.71. The lowest BCUT2D eigenvalue weighted by atomic mass is 10.1. The van der Waals surface area contributed by atoms with Crippen LogP contribution in [0.5, 0.6) is 5.88 Å². The van der Waals surface area contributed by atoms with Crippen molar-refractivity contribution in [1.82, 2.24) is 9.97 Å². The molecular weight excluding hydrogens is 204 g/mol. The molecule has 0 spiro atoms. The van der Waals surface area contributed by atoms with Crippen molar-refractivity contribution in [2.24, 2.45) is 11.7 Å². The molecule has 0 bridgehead atoms. The molecule has 2 atom stereocenters. The Morgan fingerprint density at radius 1 is 1.56 bits per heavy atom. The summed E-state index contributed by atoms with van der Waals surface area (Å²) in [5, 5.41) is 0. The molecule has 16 heavy (non-hydrogen) atoms. The van der Waals surface area contributed by atoms with Gasteiger partial charge in [-0.05, 0) is 25.8 Å². The summed E-state index contributed by atoms with van der Waals surface area (Å²) in [6.45, 7) is 3.88. The molecule has 1 aliphatic heterocycles. The smallest absolute Gasteiger partial charge is 0.233 e. The number of nitrogens with two attached hydrogens (primary N) is 1. The van der Waals surface area contributed by atoms with Gasteiger partial charge in [0, 0.05) is 12.6 Å². The normalized spacial score (nSPS) is 24.8. The third-order valence-electron chi connectivity index (χ3n) is 3.10. The molecule has 1 fully saturated rings. The van der Waals surface area contributed by atoms with Gasteiger partial charge in [0.2, 0.25) is 5.88 Å². The van der Waals surface area contributed by atoms with E-state index in [-0.39, 0.29) is 0 Å². The van der Waals surface area contributed by atoms with Crippen molar-refractivity contribution < 1.29 is 4.74 Å². The fourth-order valence-corrected chi connectivity index (χ4v) is 2.21. The number of rotatable bonds is 3. The second-order valence-electron chi connectivity index (χ2n) is 4.26. The van der Waals surface area contributed by atoms with Crippen LogP contribution in [0.15, 0.2) is 12.4 Å². The molecule has 0 aromatic carbocycles. The van der Waals surface area contributed by atoms with Crippen LogP contribution < -0.4 is 15.4 Å². The summed E-state index contributed by atoms with van der Waals surface area (Å²) < 4.78 is 5.08. The molecule has 0 saturated carbocycles. The fraction of sp³-hybridized carbons (Fsp3) is 0.636. The summed E-state index contributed by atoms with van der Waals surface area (Å²) >= 11 is 0. The molecule has 1 aromatic rings. The molecule has 1 aromatic heterocycles. The van der Waals surface area contributed by atoms with Crippen LogP contribution in [0.1, 0.15) is 13.3 Å². The highest BCUT2D eigenvalue weighted by atomic mass is 16.5. The summed E-state index contributed by atoms with van der Waals surface area (Å²) in [5.74, 6) is 1.99. The van der Waals surface area contributed by atoms with E-state index < -0.39 is 0 Å².